The van der Waals surface area contributed by atoms with E-state index in [1.54, 1.807) is 0 Å². The van der Waals surface area contributed by atoms with Crippen molar-refractivity contribution >= 4 is 9.84 Å². The summed E-state index contributed by atoms with van der Waals surface area (Å²) in [7, 11) is -2.80. The van der Waals surface area contributed by atoms with E-state index in [-0.39, 0.29) is 33.3 Å². The minimum Gasteiger partial charge on any atom is -0.396 e. The Hall–Kier alpha value is -0.250. The average Bonchev–Trinajstić information content (AvgIpc) is 2.74. The van der Waals surface area contributed by atoms with Gasteiger partial charge in [-0.1, -0.05) is 49.5 Å². The third-order valence-corrected chi connectivity index (χ3v) is 4.21. The molecule has 0 aromatic carbocycles. The van der Waals surface area contributed by atoms with Gasteiger partial charge in [-0.25, -0.2) is 8.42 Å². The van der Waals surface area contributed by atoms with E-state index in [0.717, 1.165) is 38.4 Å². The largest absolute Gasteiger partial charge is 0.396 e. The van der Waals surface area contributed by atoms with Crippen molar-refractivity contribution in [1.29, 1.82) is 0 Å². The molecule has 0 spiro atoms. The molecule has 0 amide bonds. The van der Waals surface area contributed by atoms with Gasteiger partial charge in [0, 0.05) is 39.3 Å². The van der Waals surface area contributed by atoms with Crippen molar-refractivity contribution in [3.05, 3.63) is 0 Å². The van der Waals surface area contributed by atoms with Crippen LogP contribution in [0.2, 0.25) is 0 Å². The van der Waals surface area contributed by atoms with Crippen LogP contribution in [0.15, 0.2) is 0 Å². The third-order valence-electron chi connectivity index (χ3n) is 3.17. The molecule has 8 heteroatoms. The number of ether oxygens (including phenoxy) is 4. The maximum atomic E-state index is 10.6. The quantitative estimate of drug-likeness (QED) is 0.192. The number of aliphatic hydroxyl groups is 1. The van der Waals surface area contributed by atoms with E-state index >= 15 is 0 Å². The lowest BCUT2D eigenvalue weighted by atomic mass is 10.3. The first-order chi connectivity index (χ1) is 17.0. The van der Waals surface area contributed by atoms with E-state index in [4.69, 9.17) is 24.1 Å². The van der Waals surface area contributed by atoms with Crippen molar-refractivity contribution in [2.24, 2.45) is 5.92 Å². The molecule has 0 bridgehead atoms. The Labute approximate surface area is 248 Å². The molecule has 0 fully saturated rings. The van der Waals surface area contributed by atoms with Crippen LogP contribution in [0, 0.1) is 5.92 Å². The lowest BCUT2D eigenvalue weighted by Crippen LogP contribution is -2.09. The number of sulfone groups is 1. The summed E-state index contributed by atoms with van der Waals surface area (Å²) in [5, 5.41) is 8.30. The Balaban J connectivity index is -0.0000000668. The van der Waals surface area contributed by atoms with Crippen molar-refractivity contribution in [3.8, 4) is 0 Å². The molecule has 0 rings (SSSR count). The fraction of sp³-hybridized carbons (Fsp3) is 1.00. The normalized spacial score (nSPS) is 10.3. The van der Waals surface area contributed by atoms with Crippen LogP contribution in [0.3, 0.4) is 0 Å². The molecule has 248 valence electrons. The monoisotopic (exact) mass is 593 g/mol. The molecular weight excluding hydrogens is 516 g/mol. The maximum absolute atomic E-state index is 10.6. The minimum atomic E-state index is -2.80. The fourth-order valence-electron chi connectivity index (χ4n) is 1.73. The summed E-state index contributed by atoms with van der Waals surface area (Å²) in [5.41, 5.74) is 0. The zero-order chi connectivity index (χ0) is 30.3. The van der Waals surface area contributed by atoms with Gasteiger partial charge in [0.25, 0.3) is 0 Å². The number of hydrogen-bond acceptors (Lipinski definition) is 7. The molecule has 0 aliphatic carbocycles. The van der Waals surface area contributed by atoms with Crippen LogP contribution in [0.1, 0.15) is 131 Å². The van der Waals surface area contributed by atoms with Gasteiger partial charge in [-0.15, -0.1) is 0 Å². The summed E-state index contributed by atoms with van der Waals surface area (Å²) in [4.78, 5) is 0. The summed E-state index contributed by atoms with van der Waals surface area (Å²) in [6.07, 6.45) is 6.12. The number of rotatable bonds is 15. The molecule has 1 N–H and O–H groups in total. The van der Waals surface area contributed by atoms with Gasteiger partial charge in [0.1, 0.15) is 9.84 Å². The highest BCUT2D eigenvalue weighted by molar-refractivity contribution is 7.90. The molecule has 0 aliphatic rings. The molecule has 0 unspecified atom stereocenters. The van der Waals surface area contributed by atoms with Crippen LogP contribution in [0.5, 0.6) is 0 Å². The predicted octanol–water partition coefficient (Wildman–Crippen LogP) is 8.22. The highest BCUT2D eigenvalue weighted by Gasteiger charge is 2.01. The Kier molecular flexibility index (Phi) is 59.3. The zero-order valence-corrected chi connectivity index (χ0v) is 28.1. The van der Waals surface area contributed by atoms with Crippen molar-refractivity contribution in [1.82, 2.24) is 0 Å². The summed E-state index contributed by atoms with van der Waals surface area (Å²) < 4.78 is 41.9. The van der Waals surface area contributed by atoms with Crippen LogP contribution >= 0.6 is 0 Å². The predicted molar refractivity (Wildman–Crippen MR) is 175 cm³/mol. The first-order valence-electron chi connectivity index (χ1n) is 14.2. The highest BCUT2D eigenvalue weighted by atomic mass is 32.2. The van der Waals surface area contributed by atoms with Gasteiger partial charge in [-0.2, -0.15) is 0 Å². The summed E-state index contributed by atoms with van der Waals surface area (Å²) in [5.74, 6) is 1.06. The van der Waals surface area contributed by atoms with Gasteiger partial charge >= 0.3 is 0 Å². The molecule has 0 saturated heterocycles. The molecule has 0 aromatic rings. The number of hydrogen-bond donors (Lipinski definition) is 1. The van der Waals surface area contributed by atoms with Crippen LogP contribution in [0.4, 0.5) is 0 Å². The summed E-state index contributed by atoms with van der Waals surface area (Å²) >= 11 is 0. The molecule has 0 aromatic heterocycles. The molecule has 7 nitrogen and oxygen atoms in total. The van der Waals surface area contributed by atoms with Gasteiger partial charge in [0.15, 0.2) is 0 Å². The molecule has 39 heavy (non-hydrogen) atoms. The average molecular weight is 593 g/mol. The first-order valence-corrected chi connectivity index (χ1v) is 16.3. The first kappa shape index (κ1) is 54.8. The summed E-state index contributed by atoms with van der Waals surface area (Å²) in [6, 6.07) is 0. The van der Waals surface area contributed by atoms with E-state index in [1.165, 1.54) is 6.26 Å². The lowest BCUT2D eigenvalue weighted by molar-refractivity contribution is 0.0674. The van der Waals surface area contributed by atoms with E-state index in [9.17, 15) is 8.42 Å². The van der Waals surface area contributed by atoms with Crippen LogP contribution in [-0.2, 0) is 28.8 Å². The second-order valence-electron chi connectivity index (χ2n) is 10.5. The van der Waals surface area contributed by atoms with Gasteiger partial charge in [0.2, 0.25) is 0 Å². The van der Waals surface area contributed by atoms with E-state index in [0.29, 0.717) is 37.9 Å². The van der Waals surface area contributed by atoms with Crippen molar-refractivity contribution in [2.75, 3.05) is 45.0 Å². The smallest absolute Gasteiger partial charge is 0.147 e. The molecule has 0 heterocycles. The molecule has 0 aliphatic heterocycles. The maximum Gasteiger partial charge on any atom is 0.147 e. The third kappa shape index (κ3) is 112. The van der Waals surface area contributed by atoms with Crippen molar-refractivity contribution < 1.29 is 32.5 Å². The Bertz CT molecular complexity index is 463. The minimum absolute atomic E-state index is 0. The highest BCUT2D eigenvalue weighted by Crippen LogP contribution is 1.93. The van der Waals surface area contributed by atoms with Gasteiger partial charge < -0.3 is 24.1 Å². The molecule has 0 radical (unpaired) electrons. The second kappa shape index (κ2) is 42.2. The molecular formula is C31H76O7S. The van der Waals surface area contributed by atoms with Crippen LogP contribution in [-0.4, -0.2) is 83.0 Å². The van der Waals surface area contributed by atoms with Crippen molar-refractivity contribution in [3.63, 3.8) is 0 Å². The molecule has 0 atom stereocenters. The van der Waals surface area contributed by atoms with Gasteiger partial charge in [-0.05, 0) is 87.0 Å². The van der Waals surface area contributed by atoms with Gasteiger partial charge in [0.05, 0.1) is 30.2 Å². The lowest BCUT2D eigenvalue weighted by Gasteiger charge is -2.05. The van der Waals surface area contributed by atoms with Crippen LogP contribution in [0.25, 0.3) is 0 Å². The van der Waals surface area contributed by atoms with Gasteiger partial charge in [-0.3, -0.25) is 0 Å². The van der Waals surface area contributed by atoms with Crippen LogP contribution < -0.4 is 0 Å². The zero-order valence-electron chi connectivity index (χ0n) is 27.3. The van der Waals surface area contributed by atoms with Crippen molar-refractivity contribution in [2.45, 2.75) is 155 Å². The Morgan fingerprint density at radius 1 is 0.564 bits per heavy atom. The standard InChI is InChI=1S/C7H16O3S.C6H14O2.2C6H14O.C4H10.2CH4/c1-7(2)10-5-4-6-11(3,8)9;1-6(2)8-5-3-4-7;2*1-4-5-7-6(2)3;1-4(2)3;;/h7H,4-6H2,1-3H3;6-7H,3-5H2,1-2H3;2*6H,4-5H2,1-3H3;4H,1-3H3;2*1H4. The summed E-state index contributed by atoms with van der Waals surface area (Å²) in [6.45, 7) is 30.0. The Morgan fingerprint density at radius 3 is 1.00 bits per heavy atom. The fourth-order valence-corrected chi connectivity index (χ4v) is 2.37. The Morgan fingerprint density at radius 2 is 0.821 bits per heavy atom. The van der Waals surface area contributed by atoms with E-state index < -0.39 is 9.84 Å². The second-order valence-corrected chi connectivity index (χ2v) is 12.7. The molecule has 0 saturated carbocycles. The number of aliphatic hydroxyl groups excluding tert-OH is 1. The topological polar surface area (TPSA) is 91.3 Å². The van der Waals surface area contributed by atoms with E-state index in [2.05, 4.69) is 62.3 Å². The SMILES string of the molecule is C.C.CC(C)C.CC(C)OCCCO.CC(C)OCCCS(C)(=O)=O.CCCOC(C)C.CCCOC(C)C. The van der Waals surface area contributed by atoms with E-state index in [1.807, 2.05) is 27.7 Å².